The molecule has 0 radical (unpaired) electrons. The molecule has 3 aromatic rings. The summed E-state index contributed by atoms with van der Waals surface area (Å²) in [6.07, 6.45) is 5.07. The van der Waals surface area contributed by atoms with Gasteiger partial charge in [0.25, 0.3) is 0 Å². The van der Waals surface area contributed by atoms with Crippen molar-refractivity contribution in [3.05, 3.63) is 88.5 Å². The normalized spacial score (nSPS) is 14.5. The van der Waals surface area contributed by atoms with Gasteiger partial charge in [0.05, 0.1) is 11.4 Å². The molecule has 0 atom stereocenters. The number of aromatic nitrogens is 1. The molecule has 32 heavy (non-hydrogen) atoms. The molecule has 0 N–H and O–H groups in total. The number of nitrogens with zero attached hydrogens (tertiary/aromatic N) is 1. The van der Waals surface area contributed by atoms with Crippen LogP contribution >= 0.6 is 0 Å². The van der Waals surface area contributed by atoms with E-state index in [9.17, 15) is 9.18 Å². The first-order chi connectivity index (χ1) is 15.4. The third-order valence-electron chi connectivity index (χ3n) is 5.85. The minimum atomic E-state index is -0.327. The molecule has 0 aliphatic heterocycles. The van der Waals surface area contributed by atoms with Crippen LogP contribution in [0.3, 0.4) is 0 Å². The summed E-state index contributed by atoms with van der Waals surface area (Å²) in [6, 6.07) is 16.9. The summed E-state index contributed by atoms with van der Waals surface area (Å²) < 4.78 is 19.2. The van der Waals surface area contributed by atoms with E-state index in [0.717, 1.165) is 58.5 Å². The van der Waals surface area contributed by atoms with Gasteiger partial charge in [-0.15, -0.1) is 0 Å². The number of fused-ring (bicyclic) bond motifs is 1. The number of benzene rings is 2. The van der Waals surface area contributed by atoms with E-state index >= 15 is 0 Å². The zero-order valence-electron chi connectivity index (χ0n) is 18.8. The molecule has 0 unspecified atom stereocenters. The van der Waals surface area contributed by atoms with Gasteiger partial charge in [0, 0.05) is 12.5 Å². The van der Waals surface area contributed by atoms with Crippen LogP contribution in [0.1, 0.15) is 67.6 Å². The molecule has 1 aromatic heterocycles. The van der Waals surface area contributed by atoms with Crippen molar-refractivity contribution in [3.63, 3.8) is 0 Å². The van der Waals surface area contributed by atoms with Crippen molar-refractivity contribution < 1.29 is 13.9 Å². The van der Waals surface area contributed by atoms with Gasteiger partial charge in [0.2, 0.25) is 0 Å². The molecule has 0 bridgehead atoms. The Hall–Kier alpha value is -3.27. The summed E-state index contributed by atoms with van der Waals surface area (Å²) in [7, 11) is 0. The average Bonchev–Trinajstić information content (AvgIpc) is 2.78. The lowest BCUT2D eigenvalue weighted by molar-refractivity contribution is -0.142. The number of rotatable bonds is 5. The molecule has 1 aliphatic carbocycles. The van der Waals surface area contributed by atoms with Crippen LogP contribution in [0.4, 0.5) is 4.39 Å². The number of ether oxygens (including phenoxy) is 1. The summed E-state index contributed by atoms with van der Waals surface area (Å²) in [5.41, 5.74) is 8.31. The monoisotopic (exact) mass is 429 g/mol. The Morgan fingerprint density at radius 3 is 2.47 bits per heavy atom. The van der Waals surface area contributed by atoms with Crippen LogP contribution in [0.5, 0.6) is 0 Å². The van der Waals surface area contributed by atoms with Gasteiger partial charge in [-0.05, 0) is 71.2 Å². The second kappa shape index (κ2) is 9.47. The maximum Gasteiger partial charge on any atom is 0.302 e. The SMILES string of the molecule is CC(=O)OCc1c(C(C)C)nc2c(c1-c1ccc(F)cc1)CCCC2=Cc1ccccc1. The summed E-state index contributed by atoms with van der Waals surface area (Å²) in [4.78, 5) is 16.8. The summed E-state index contributed by atoms with van der Waals surface area (Å²) in [5, 5.41) is 0. The Kier molecular flexibility index (Phi) is 6.50. The van der Waals surface area contributed by atoms with Crippen molar-refractivity contribution >= 4 is 17.6 Å². The van der Waals surface area contributed by atoms with E-state index in [1.165, 1.54) is 24.6 Å². The summed E-state index contributed by atoms with van der Waals surface area (Å²) >= 11 is 0. The zero-order valence-corrected chi connectivity index (χ0v) is 18.8. The van der Waals surface area contributed by atoms with Crippen LogP contribution < -0.4 is 0 Å². The Morgan fingerprint density at radius 2 is 1.81 bits per heavy atom. The molecule has 1 heterocycles. The Bertz CT molecular complexity index is 1150. The zero-order chi connectivity index (χ0) is 22.7. The first kappa shape index (κ1) is 21.9. The predicted octanol–water partition coefficient (Wildman–Crippen LogP) is 6.95. The van der Waals surface area contributed by atoms with E-state index in [0.29, 0.717) is 0 Å². The minimum Gasteiger partial charge on any atom is -0.461 e. The number of halogens is 1. The van der Waals surface area contributed by atoms with E-state index in [1.807, 2.05) is 30.3 Å². The largest absolute Gasteiger partial charge is 0.461 e. The third kappa shape index (κ3) is 4.64. The predicted molar refractivity (Wildman–Crippen MR) is 126 cm³/mol. The molecule has 4 rings (SSSR count). The van der Waals surface area contributed by atoms with Gasteiger partial charge in [0.15, 0.2) is 0 Å². The van der Waals surface area contributed by atoms with E-state index < -0.39 is 0 Å². The van der Waals surface area contributed by atoms with Crippen LogP contribution in [0.25, 0.3) is 22.8 Å². The Morgan fingerprint density at radius 1 is 1.09 bits per heavy atom. The molecular formula is C28H28FNO2. The second-order valence-corrected chi connectivity index (χ2v) is 8.55. The van der Waals surface area contributed by atoms with Crippen molar-refractivity contribution in [1.29, 1.82) is 0 Å². The number of hydrogen-bond donors (Lipinski definition) is 0. The van der Waals surface area contributed by atoms with Crippen molar-refractivity contribution in [2.24, 2.45) is 0 Å². The molecule has 0 amide bonds. The highest BCUT2D eigenvalue weighted by Crippen LogP contribution is 2.41. The van der Waals surface area contributed by atoms with Gasteiger partial charge >= 0.3 is 5.97 Å². The summed E-state index contributed by atoms with van der Waals surface area (Å²) in [6.45, 7) is 5.78. The lowest BCUT2D eigenvalue weighted by atomic mass is 9.82. The van der Waals surface area contributed by atoms with Crippen LogP contribution in [0.2, 0.25) is 0 Å². The first-order valence-corrected chi connectivity index (χ1v) is 11.1. The highest BCUT2D eigenvalue weighted by molar-refractivity contribution is 5.86. The van der Waals surface area contributed by atoms with Crippen molar-refractivity contribution in [2.45, 2.75) is 52.6 Å². The topological polar surface area (TPSA) is 39.2 Å². The quantitative estimate of drug-likeness (QED) is 0.412. The fourth-order valence-electron chi connectivity index (χ4n) is 4.42. The molecule has 3 nitrogen and oxygen atoms in total. The average molecular weight is 430 g/mol. The molecular weight excluding hydrogens is 401 g/mol. The Balaban J connectivity index is 1.97. The number of hydrogen-bond acceptors (Lipinski definition) is 3. The molecule has 0 fully saturated rings. The number of esters is 1. The second-order valence-electron chi connectivity index (χ2n) is 8.55. The molecule has 1 aliphatic rings. The van der Waals surface area contributed by atoms with Crippen molar-refractivity contribution in [1.82, 2.24) is 4.98 Å². The number of carbonyl (C=O) groups excluding carboxylic acids is 1. The third-order valence-corrected chi connectivity index (χ3v) is 5.85. The number of allylic oxidation sites excluding steroid dienone is 1. The van der Waals surface area contributed by atoms with Gasteiger partial charge in [-0.25, -0.2) is 4.39 Å². The number of carbonyl (C=O) groups is 1. The standard InChI is InChI=1S/C28H28FNO2/c1-18(2)27-25(17-32-19(3)31)26(21-12-14-23(29)15-13-21)24-11-7-10-22(28(24)30-27)16-20-8-5-4-6-9-20/h4-6,8-9,12-16,18H,7,10-11,17H2,1-3H3. The van der Waals surface area contributed by atoms with Gasteiger partial charge in [0.1, 0.15) is 12.4 Å². The Labute approximate surface area is 189 Å². The van der Waals surface area contributed by atoms with E-state index in [2.05, 4.69) is 32.1 Å². The molecule has 0 spiro atoms. The van der Waals surface area contributed by atoms with Crippen molar-refractivity contribution in [2.75, 3.05) is 0 Å². The fraction of sp³-hybridized carbons (Fsp3) is 0.286. The van der Waals surface area contributed by atoms with Gasteiger partial charge < -0.3 is 4.74 Å². The minimum absolute atomic E-state index is 0.143. The molecule has 0 saturated carbocycles. The summed E-state index contributed by atoms with van der Waals surface area (Å²) in [5.74, 6) is -0.455. The maximum absolute atomic E-state index is 13.7. The highest BCUT2D eigenvalue weighted by atomic mass is 19.1. The van der Waals surface area contributed by atoms with Gasteiger partial charge in [-0.3, -0.25) is 9.78 Å². The van der Waals surface area contributed by atoms with Crippen LogP contribution in [0, 0.1) is 5.82 Å². The van der Waals surface area contributed by atoms with Gasteiger partial charge in [-0.2, -0.15) is 0 Å². The first-order valence-electron chi connectivity index (χ1n) is 11.1. The van der Waals surface area contributed by atoms with Gasteiger partial charge in [-0.1, -0.05) is 56.3 Å². The van der Waals surface area contributed by atoms with E-state index in [-0.39, 0.29) is 24.3 Å². The van der Waals surface area contributed by atoms with E-state index in [1.54, 1.807) is 0 Å². The molecule has 164 valence electrons. The fourth-order valence-corrected chi connectivity index (χ4v) is 4.42. The molecule has 2 aromatic carbocycles. The lowest BCUT2D eigenvalue weighted by Crippen LogP contribution is -2.15. The van der Waals surface area contributed by atoms with Crippen LogP contribution in [0.15, 0.2) is 54.6 Å². The van der Waals surface area contributed by atoms with Crippen LogP contribution in [-0.4, -0.2) is 11.0 Å². The van der Waals surface area contributed by atoms with Crippen molar-refractivity contribution in [3.8, 4) is 11.1 Å². The van der Waals surface area contributed by atoms with Crippen LogP contribution in [-0.2, 0) is 22.6 Å². The highest BCUT2D eigenvalue weighted by Gasteiger charge is 2.26. The smallest absolute Gasteiger partial charge is 0.302 e. The maximum atomic E-state index is 13.7. The number of pyridine rings is 1. The lowest BCUT2D eigenvalue weighted by Gasteiger charge is -2.27. The van der Waals surface area contributed by atoms with E-state index in [4.69, 9.17) is 9.72 Å². The molecule has 4 heteroatoms. The molecule has 0 saturated heterocycles.